The van der Waals surface area contributed by atoms with Crippen LogP contribution in [-0.4, -0.2) is 54.9 Å². The van der Waals surface area contributed by atoms with Crippen molar-refractivity contribution in [3.05, 3.63) is 69.5 Å². The largest absolute Gasteiger partial charge is 0.352 e. The zero-order chi connectivity index (χ0) is 27.2. The minimum Gasteiger partial charge on any atom is -0.352 e. The monoisotopic (exact) mass is 522 g/mol. The number of amides is 2. The highest BCUT2D eigenvalue weighted by atomic mass is 32.2. The van der Waals surface area contributed by atoms with Crippen molar-refractivity contribution >= 4 is 33.2 Å². The number of carbonyl (C=O) groups excluding carboxylic acids is 2. The molecule has 0 aliphatic rings. The summed E-state index contributed by atoms with van der Waals surface area (Å²) in [4.78, 5) is 38.0. The van der Waals surface area contributed by atoms with E-state index < -0.39 is 45.2 Å². The number of nitro groups is 1. The second-order valence-electron chi connectivity index (χ2n) is 8.60. The van der Waals surface area contributed by atoms with Crippen LogP contribution in [0.2, 0.25) is 0 Å². The van der Waals surface area contributed by atoms with Gasteiger partial charge in [-0.05, 0) is 38.8 Å². The molecule has 2 aromatic rings. The van der Waals surface area contributed by atoms with E-state index in [-0.39, 0.29) is 29.5 Å². The standard InChI is InChI=1S/C24H31FN4O6S/c1-6-17(3)26-24(31)18(4)27(14-19-9-7-8-10-21(19)25)23(30)15-28(36(5,34)35)22-13-20(29(32)33)12-11-16(22)2/h7-13,17-18H,6,14-15H2,1-5H3,(H,26,31)/t17-,18+/m1/s1. The van der Waals surface area contributed by atoms with Gasteiger partial charge in [0.15, 0.2) is 0 Å². The van der Waals surface area contributed by atoms with Crippen molar-refractivity contribution in [1.82, 2.24) is 10.2 Å². The average Bonchev–Trinajstić information content (AvgIpc) is 2.80. The Morgan fingerprint density at radius 1 is 1.17 bits per heavy atom. The lowest BCUT2D eigenvalue weighted by Crippen LogP contribution is -2.52. The Kier molecular flexibility index (Phi) is 9.51. The SMILES string of the molecule is CC[C@@H](C)NC(=O)[C@H](C)N(Cc1ccccc1F)C(=O)CN(c1cc([N+](=O)[O-])ccc1C)S(C)(=O)=O. The van der Waals surface area contributed by atoms with Gasteiger partial charge in [-0.2, -0.15) is 0 Å². The van der Waals surface area contributed by atoms with Crippen LogP contribution < -0.4 is 9.62 Å². The number of benzene rings is 2. The second-order valence-corrected chi connectivity index (χ2v) is 10.5. The predicted octanol–water partition coefficient (Wildman–Crippen LogP) is 3.14. The molecular formula is C24H31FN4O6S. The van der Waals surface area contributed by atoms with E-state index >= 15 is 0 Å². The number of nitro benzene ring substituents is 1. The van der Waals surface area contributed by atoms with Crippen LogP contribution >= 0.6 is 0 Å². The Morgan fingerprint density at radius 3 is 2.36 bits per heavy atom. The minimum absolute atomic E-state index is 0.0393. The molecule has 1 N–H and O–H groups in total. The van der Waals surface area contributed by atoms with Crippen LogP contribution in [0.4, 0.5) is 15.8 Å². The van der Waals surface area contributed by atoms with Gasteiger partial charge in [0, 0.05) is 30.3 Å². The quantitative estimate of drug-likeness (QED) is 0.356. The van der Waals surface area contributed by atoms with E-state index in [0.717, 1.165) is 21.5 Å². The second kappa shape index (κ2) is 11.9. The van der Waals surface area contributed by atoms with E-state index in [1.54, 1.807) is 19.9 Å². The number of nitrogens with one attached hydrogen (secondary N) is 1. The minimum atomic E-state index is -4.07. The van der Waals surface area contributed by atoms with E-state index in [4.69, 9.17) is 0 Å². The van der Waals surface area contributed by atoms with Gasteiger partial charge < -0.3 is 10.2 Å². The van der Waals surface area contributed by atoms with Gasteiger partial charge in [0.2, 0.25) is 21.8 Å². The van der Waals surface area contributed by atoms with Crippen molar-refractivity contribution in [1.29, 1.82) is 0 Å². The van der Waals surface area contributed by atoms with Crippen LogP contribution in [0.1, 0.15) is 38.3 Å². The molecule has 2 amide bonds. The van der Waals surface area contributed by atoms with E-state index in [9.17, 15) is 32.5 Å². The fourth-order valence-electron chi connectivity index (χ4n) is 3.43. The van der Waals surface area contributed by atoms with Crippen molar-refractivity contribution < 1.29 is 27.3 Å². The maximum absolute atomic E-state index is 14.4. The highest BCUT2D eigenvalue weighted by Crippen LogP contribution is 2.28. The molecule has 2 aromatic carbocycles. The molecule has 0 aliphatic heterocycles. The molecule has 36 heavy (non-hydrogen) atoms. The van der Waals surface area contributed by atoms with E-state index in [2.05, 4.69) is 5.32 Å². The highest BCUT2D eigenvalue weighted by Gasteiger charge is 2.32. The smallest absolute Gasteiger partial charge is 0.271 e. The topological polar surface area (TPSA) is 130 Å². The Labute approximate surface area is 210 Å². The Balaban J connectivity index is 2.49. The molecule has 0 bridgehead atoms. The molecule has 0 saturated heterocycles. The van der Waals surface area contributed by atoms with Crippen LogP contribution in [0.25, 0.3) is 0 Å². The normalized spacial score (nSPS) is 12.9. The molecule has 196 valence electrons. The zero-order valence-corrected chi connectivity index (χ0v) is 21.7. The molecule has 0 unspecified atom stereocenters. The lowest BCUT2D eigenvalue weighted by atomic mass is 10.1. The number of hydrogen-bond donors (Lipinski definition) is 1. The van der Waals surface area contributed by atoms with Crippen molar-refractivity contribution in [2.75, 3.05) is 17.1 Å². The Bertz CT molecular complexity index is 1240. The van der Waals surface area contributed by atoms with Gasteiger partial charge in [-0.3, -0.25) is 24.0 Å². The summed E-state index contributed by atoms with van der Waals surface area (Å²) in [6.07, 6.45) is 1.52. The van der Waals surface area contributed by atoms with Gasteiger partial charge in [-0.25, -0.2) is 12.8 Å². The number of rotatable bonds is 11. The van der Waals surface area contributed by atoms with Crippen molar-refractivity contribution in [2.24, 2.45) is 0 Å². The van der Waals surface area contributed by atoms with Gasteiger partial charge in [0.1, 0.15) is 18.4 Å². The summed E-state index contributed by atoms with van der Waals surface area (Å²) in [5.74, 6) is -1.84. The molecule has 0 heterocycles. The fraction of sp³-hybridized carbons (Fsp3) is 0.417. The Morgan fingerprint density at radius 2 is 1.81 bits per heavy atom. The lowest BCUT2D eigenvalue weighted by Gasteiger charge is -2.32. The third-order valence-electron chi connectivity index (χ3n) is 5.82. The summed E-state index contributed by atoms with van der Waals surface area (Å²) in [7, 11) is -4.07. The predicted molar refractivity (Wildman–Crippen MR) is 134 cm³/mol. The fourth-order valence-corrected chi connectivity index (χ4v) is 4.33. The molecule has 0 fully saturated rings. The molecule has 12 heteroatoms. The zero-order valence-electron chi connectivity index (χ0n) is 20.9. The van der Waals surface area contributed by atoms with Crippen molar-refractivity contribution in [2.45, 2.75) is 52.7 Å². The number of carbonyl (C=O) groups is 2. The number of non-ortho nitro benzene ring substituents is 1. The summed E-state index contributed by atoms with van der Waals surface area (Å²) < 4.78 is 40.5. The first-order chi connectivity index (χ1) is 16.8. The molecule has 0 saturated carbocycles. The maximum atomic E-state index is 14.4. The van der Waals surface area contributed by atoms with Gasteiger partial charge >= 0.3 is 0 Å². The van der Waals surface area contributed by atoms with Crippen molar-refractivity contribution in [3.8, 4) is 0 Å². The Hall–Kier alpha value is -3.54. The molecule has 0 spiro atoms. The first-order valence-electron chi connectivity index (χ1n) is 11.3. The van der Waals surface area contributed by atoms with E-state index in [0.29, 0.717) is 12.0 Å². The maximum Gasteiger partial charge on any atom is 0.271 e. The van der Waals surface area contributed by atoms with E-state index in [1.807, 2.05) is 6.92 Å². The van der Waals surface area contributed by atoms with Crippen molar-refractivity contribution in [3.63, 3.8) is 0 Å². The summed E-state index contributed by atoms with van der Waals surface area (Å²) in [5, 5.41) is 14.0. The number of nitrogens with zero attached hydrogens (tertiary/aromatic N) is 3. The number of aryl methyl sites for hydroxylation is 1. The number of sulfonamides is 1. The van der Waals surface area contributed by atoms with Gasteiger partial charge in [-0.1, -0.05) is 31.2 Å². The summed E-state index contributed by atoms with van der Waals surface area (Å²) in [6.45, 7) is 5.68. The first kappa shape index (κ1) is 28.7. The molecular weight excluding hydrogens is 491 g/mol. The van der Waals surface area contributed by atoms with Crippen LogP contribution in [-0.2, 0) is 26.2 Å². The van der Waals surface area contributed by atoms with Crippen LogP contribution in [0.5, 0.6) is 0 Å². The number of anilines is 1. The molecule has 10 nitrogen and oxygen atoms in total. The molecule has 2 rings (SSSR count). The van der Waals surface area contributed by atoms with Gasteiger partial charge in [0.05, 0.1) is 16.9 Å². The molecule has 2 atom stereocenters. The molecule has 0 aliphatic carbocycles. The third-order valence-corrected chi connectivity index (χ3v) is 6.94. The number of halogens is 1. The number of hydrogen-bond acceptors (Lipinski definition) is 6. The van der Waals surface area contributed by atoms with E-state index in [1.165, 1.54) is 37.3 Å². The average molecular weight is 523 g/mol. The summed E-state index contributed by atoms with van der Waals surface area (Å²) in [6, 6.07) is 8.21. The summed E-state index contributed by atoms with van der Waals surface area (Å²) in [5.41, 5.74) is 0.150. The van der Waals surface area contributed by atoms with Gasteiger partial charge in [-0.15, -0.1) is 0 Å². The third kappa shape index (κ3) is 7.23. The first-order valence-corrected chi connectivity index (χ1v) is 13.2. The van der Waals surface area contributed by atoms with Crippen LogP contribution in [0.3, 0.4) is 0 Å². The highest BCUT2D eigenvalue weighted by molar-refractivity contribution is 7.92. The summed E-state index contributed by atoms with van der Waals surface area (Å²) >= 11 is 0. The van der Waals surface area contributed by atoms with Crippen LogP contribution in [0, 0.1) is 22.9 Å². The van der Waals surface area contributed by atoms with Gasteiger partial charge in [0.25, 0.3) is 5.69 Å². The molecule has 0 radical (unpaired) electrons. The van der Waals surface area contributed by atoms with Crippen LogP contribution in [0.15, 0.2) is 42.5 Å². The lowest BCUT2D eigenvalue weighted by molar-refractivity contribution is -0.384. The molecule has 0 aromatic heterocycles.